The molecule has 0 bridgehead atoms. The van der Waals surface area contributed by atoms with Crippen LogP contribution in [0.1, 0.15) is 11.1 Å². The van der Waals surface area contributed by atoms with Crippen molar-refractivity contribution in [3.8, 4) is 11.4 Å². The standard InChI is InChI=1S/C18H14F4N4/c19-15-3-1-12(2-4-15)5-7-24-16-6-8-25-17(26-16)13-9-14(11-23-10-13)18(20,21)22/h1-4,6,8-11H,5,7H2,(H,24,25,26). The number of pyridine rings is 1. The second-order valence-electron chi connectivity index (χ2n) is 5.53. The number of anilines is 1. The Morgan fingerprint density at radius 2 is 1.77 bits per heavy atom. The molecule has 0 atom stereocenters. The van der Waals surface area contributed by atoms with E-state index in [-0.39, 0.29) is 17.2 Å². The Hall–Kier alpha value is -3.03. The van der Waals surface area contributed by atoms with E-state index in [1.165, 1.54) is 24.5 Å². The topological polar surface area (TPSA) is 50.7 Å². The second-order valence-corrected chi connectivity index (χ2v) is 5.53. The second kappa shape index (κ2) is 7.47. The highest BCUT2D eigenvalue weighted by atomic mass is 19.4. The monoisotopic (exact) mass is 362 g/mol. The van der Waals surface area contributed by atoms with Crippen molar-refractivity contribution >= 4 is 5.82 Å². The molecule has 0 radical (unpaired) electrons. The quantitative estimate of drug-likeness (QED) is 0.686. The lowest BCUT2D eigenvalue weighted by Crippen LogP contribution is -2.08. The molecular weight excluding hydrogens is 348 g/mol. The highest BCUT2D eigenvalue weighted by Gasteiger charge is 2.31. The van der Waals surface area contributed by atoms with Crippen LogP contribution < -0.4 is 5.32 Å². The molecule has 134 valence electrons. The third-order valence-electron chi connectivity index (χ3n) is 3.61. The van der Waals surface area contributed by atoms with Gasteiger partial charge in [0.05, 0.1) is 5.56 Å². The van der Waals surface area contributed by atoms with Gasteiger partial charge < -0.3 is 5.32 Å². The summed E-state index contributed by atoms with van der Waals surface area (Å²) in [6.45, 7) is 0.531. The molecular formula is C18H14F4N4. The van der Waals surface area contributed by atoms with E-state index in [0.29, 0.717) is 18.8 Å². The summed E-state index contributed by atoms with van der Waals surface area (Å²) in [5, 5.41) is 3.08. The van der Waals surface area contributed by atoms with Crippen LogP contribution in [0.2, 0.25) is 0 Å². The van der Waals surface area contributed by atoms with Gasteiger partial charge in [-0.25, -0.2) is 14.4 Å². The molecule has 1 N–H and O–H groups in total. The molecule has 1 aromatic carbocycles. The number of nitrogens with zero attached hydrogens (tertiary/aromatic N) is 3. The molecule has 2 aromatic heterocycles. The number of nitrogens with one attached hydrogen (secondary N) is 1. The van der Waals surface area contributed by atoms with Gasteiger partial charge in [-0.2, -0.15) is 13.2 Å². The van der Waals surface area contributed by atoms with Crippen LogP contribution in [-0.2, 0) is 12.6 Å². The van der Waals surface area contributed by atoms with E-state index in [0.717, 1.165) is 17.8 Å². The number of benzene rings is 1. The zero-order valence-electron chi connectivity index (χ0n) is 13.5. The minimum Gasteiger partial charge on any atom is -0.370 e. The number of rotatable bonds is 5. The first kappa shape index (κ1) is 17.8. The van der Waals surface area contributed by atoms with Crippen LogP contribution >= 0.6 is 0 Å². The largest absolute Gasteiger partial charge is 0.417 e. The number of aromatic nitrogens is 3. The fourth-order valence-corrected chi connectivity index (χ4v) is 2.30. The summed E-state index contributed by atoms with van der Waals surface area (Å²) in [7, 11) is 0. The molecule has 0 aliphatic heterocycles. The van der Waals surface area contributed by atoms with Gasteiger partial charge in [-0.3, -0.25) is 4.98 Å². The van der Waals surface area contributed by atoms with E-state index in [1.54, 1.807) is 18.2 Å². The van der Waals surface area contributed by atoms with Crippen LogP contribution in [0.5, 0.6) is 0 Å². The lowest BCUT2D eigenvalue weighted by Gasteiger charge is -2.09. The highest BCUT2D eigenvalue weighted by molar-refractivity contribution is 5.56. The van der Waals surface area contributed by atoms with Crippen LogP contribution in [-0.4, -0.2) is 21.5 Å². The zero-order chi connectivity index (χ0) is 18.6. The molecule has 0 amide bonds. The molecule has 0 saturated carbocycles. The molecule has 0 unspecified atom stereocenters. The maximum absolute atomic E-state index is 12.9. The molecule has 0 spiro atoms. The van der Waals surface area contributed by atoms with Gasteiger partial charge in [0.25, 0.3) is 0 Å². The van der Waals surface area contributed by atoms with E-state index in [9.17, 15) is 17.6 Å². The van der Waals surface area contributed by atoms with Crippen molar-refractivity contribution in [1.82, 2.24) is 15.0 Å². The summed E-state index contributed by atoms with van der Waals surface area (Å²) >= 11 is 0. The van der Waals surface area contributed by atoms with Crippen molar-refractivity contribution in [1.29, 1.82) is 0 Å². The maximum Gasteiger partial charge on any atom is 0.417 e. The van der Waals surface area contributed by atoms with E-state index < -0.39 is 11.7 Å². The Bertz CT molecular complexity index is 879. The Kier molecular flexibility index (Phi) is 5.11. The van der Waals surface area contributed by atoms with Crippen molar-refractivity contribution in [2.24, 2.45) is 0 Å². The molecule has 0 fully saturated rings. The molecule has 8 heteroatoms. The van der Waals surface area contributed by atoms with Crippen molar-refractivity contribution < 1.29 is 17.6 Å². The van der Waals surface area contributed by atoms with Crippen molar-refractivity contribution in [3.05, 3.63) is 71.9 Å². The van der Waals surface area contributed by atoms with E-state index >= 15 is 0 Å². The Labute approximate surface area is 147 Å². The molecule has 0 saturated heterocycles. The molecule has 26 heavy (non-hydrogen) atoms. The minimum atomic E-state index is -4.48. The molecule has 3 rings (SSSR count). The molecule has 4 nitrogen and oxygen atoms in total. The molecule has 2 heterocycles. The summed E-state index contributed by atoms with van der Waals surface area (Å²) in [4.78, 5) is 11.8. The third kappa shape index (κ3) is 4.53. The van der Waals surface area contributed by atoms with E-state index in [4.69, 9.17) is 0 Å². The Morgan fingerprint density at radius 3 is 2.50 bits per heavy atom. The predicted octanol–water partition coefficient (Wildman–Crippen LogP) is 4.35. The summed E-state index contributed by atoms with van der Waals surface area (Å²) in [6.07, 6.45) is -0.331. The van der Waals surface area contributed by atoms with E-state index in [1.807, 2.05) is 0 Å². The van der Waals surface area contributed by atoms with Gasteiger partial charge in [0.2, 0.25) is 0 Å². The number of halogens is 4. The summed E-state index contributed by atoms with van der Waals surface area (Å²) < 4.78 is 51.3. The molecule has 3 aromatic rings. The minimum absolute atomic E-state index is 0.149. The molecule has 0 aliphatic rings. The van der Waals surface area contributed by atoms with Crippen LogP contribution in [0.25, 0.3) is 11.4 Å². The van der Waals surface area contributed by atoms with Crippen LogP contribution in [0.4, 0.5) is 23.4 Å². The van der Waals surface area contributed by atoms with Crippen LogP contribution in [0.3, 0.4) is 0 Å². The van der Waals surface area contributed by atoms with Crippen LogP contribution in [0, 0.1) is 5.82 Å². The fraction of sp³-hybridized carbons (Fsp3) is 0.167. The normalized spacial score (nSPS) is 11.4. The lowest BCUT2D eigenvalue weighted by molar-refractivity contribution is -0.137. The van der Waals surface area contributed by atoms with Crippen molar-refractivity contribution in [2.75, 3.05) is 11.9 Å². The van der Waals surface area contributed by atoms with Gasteiger partial charge in [-0.15, -0.1) is 0 Å². The first-order chi connectivity index (χ1) is 12.4. The Morgan fingerprint density at radius 1 is 1.00 bits per heavy atom. The number of hydrogen-bond acceptors (Lipinski definition) is 4. The van der Waals surface area contributed by atoms with Gasteiger partial charge in [-0.05, 0) is 36.2 Å². The highest BCUT2D eigenvalue weighted by Crippen LogP contribution is 2.30. The van der Waals surface area contributed by atoms with Crippen molar-refractivity contribution in [2.45, 2.75) is 12.6 Å². The molecule has 0 aliphatic carbocycles. The van der Waals surface area contributed by atoms with Crippen LogP contribution in [0.15, 0.2) is 55.0 Å². The number of alkyl halides is 3. The summed E-state index contributed by atoms with van der Waals surface area (Å²) in [5.74, 6) is 0.335. The van der Waals surface area contributed by atoms with E-state index in [2.05, 4.69) is 20.3 Å². The SMILES string of the molecule is Fc1ccc(CCNc2ccnc(-c3cncc(C(F)(F)F)c3)n2)cc1. The Balaban J connectivity index is 1.69. The summed E-state index contributed by atoms with van der Waals surface area (Å²) in [6, 6.07) is 8.74. The smallest absolute Gasteiger partial charge is 0.370 e. The number of hydrogen-bond donors (Lipinski definition) is 1. The van der Waals surface area contributed by atoms with Gasteiger partial charge in [0.15, 0.2) is 5.82 Å². The predicted molar refractivity (Wildman–Crippen MR) is 88.9 cm³/mol. The average molecular weight is 362 g/mol. The van der Waals surface area contributed by atoms with Gasteiger partial charge in [-0.1, -0.05) is 12.1 Å². The average Bonchev–Trinajstić information content (AvgIpc) is 2.63. The first-order valence-electron chi connectivity index (χ1n) is 7.76. The summed E-state index contributed by atoms with van der Waals surface area (Å²) in [5.41, 5.74) is 0.283. The first-order valence-corrected chi connectivity index (χ1v) is 7.76. The van der Waals surface area contributed by atoms with Crippen molar-refractivity contribution in [3.63, 3.8) is 0 Å². The van der Waals surface area contributed by atoms with Gasteiger partial charge in [0.1, 0.15) is 11.6 Å². The third-order valence-corrected chi connectivity index (χ3v) is 3.61. The van der Waals surface area contributed by atoms with Gasteiger partial charge >= 0.3 is 6.18 Å². The van der Waals surface area contributed by atoms with Gasteiger partial charge in [0, 0.05) is 30.7 Å². The fourth-order valence-electron chi connectivity index (χ4n) is 2.30. The zero-order valence-corrected chi connectivity index (χ0v) is 13.5. The maximum atomic E-state index is 12.9. The lowest BCUT2D eigenvalue weighted by atomic mass is 10.1.